The van der Waals surface area contributed by atoms with Gasteiger partial charge in [-0.15, -0.1) is 0 Å². The van der Waals surface area contributed by atoms with E-state index in [2.05, 4.69) is 5.32 Å². The standard InChI is InChI=1S/C12H13NO3/c1-2-16-9-5-3-4-8(6-9)10-7-11(14)13-12(10)15/h3-6,10H,2,7H2,1H3,(H,13,14,15). The molecule has 84 valence electrons. The van der Waals surface area contributed by atoms with Crippen molar-refractivity contribution in [2.45, 2.75) is 19.3 Å². The quantitative estimate of drug-likeness (QED) is 0.777. The lowest BCUT2D eigenvalue weighted by Crippen LogP contribution is -2.21. The lowest BCUT2D eigenvalue weighted by molar-refractivity contribution is -0.125. The second-order valence-electron chi connectivity index (χ2n) is 3.67. The van der Waals surface area contributed by atoms with Gasteiger partial charge in [0.05, 0.1) is 12.5 Å². The van der Waals surface area contributed by atoms with Crippen molar-refractivity contribution in [3.63, 3.8) is 0 Å². The Kier molecular flexibility index (Phi) is 2.90. The summed E-state index contributed by atoms with van der Waals surface area (Å²) in [6.45, 7) is 2.48. The first-order valence-corrected chi connectivity index (χ1v) is 5.27. The van der Waals surface area contributed by atoms with Gasteiger partial charge in [-0.2, -0.15) is 0 Å². The number of amides is 2. The van der Waals surface area contributed by atoms with E-state index in [4.69, 9.17) is 4.74 Å². The summed E-state index contributed by atoms with van der Waals surface area (Å²) in [6.07, 6.45) is 0.231. The van der Waals surface area contributed by atoms with Gasteiger partial charge in [-0.3, -0.25) is 14.9 Å². The van der Waals surface area contributed by atoms with Crippen molar-refractivity contribution in [2.24, 2.45) is 0 Å². The summed E-state index contributed by atoms with van der Waals surface area (Å²) in [5.74, 6) is -0.0736. The average Bonchev–Trinajstić information content (AvgIpc) is 2.59. The number of nitrogens with one attached hydrogen (secondary N) is 1. The van der Waals surface area contributed by atoms with Crippen molar-refractivity contribution >= 4 is 11.8 Å². The lowest BCUT2D eigenvalue weighted by Gasteiger charge is -2.08. The van der Waals surface area contributed by atoms with Gasteiger partial charge in [-0.05, 0) is 24.6 Å². The van der Waals surface area contributed by atoms with Crippen LogP contribution in [0.2, 0.25) is 0 Å². The molecule has 16 heavy (non-hydrogen) atoms. The molecule has 1 atom stereocenters. The Balaban J connectivity index is 2.23. The summed E-state index contributed by atoms with van der Waals surface area (Å²) in [7, 11) is 0. The van der Waals surface area contributed by atoms with Crippen LogP contribution in [0, 0.1) is 0 Å². The van der Waals surface area contributed by atoms with Crippen molar-refractivity contribution in [3.05, 3.63) is 29.8 Å². The van der Waals surface area contributed by atoms with E-state index in [0.717, 1.165) is 11.3 Å². The molecular formula is C12H13NO3. The number of benzene rings is 1. The van der Waals surface area contributed by atoms with E-state index in [1.54, 1.807) is 0 Å². The van der Waals surface area contributed by atoms with E-state index >= 15 is 0 Å². The third kappa shape index (κ3) is 2.05. The molecule has 1 saturated heterocycles. The summed E-state index contributed by atoms with van der Waals surface area (Å²) in [4.78, 5) is 22.6. The lowest BCUT2D eigenvalue weighted by atomic mass is 9.97. The molecule has 4 nitrogen and oxygen atoms in total. The molecular weight excluding hydrogens is 206 g/mol. The van der Waals surface area contributed by atoms with E-state index < -0.39 is 0 Å². The topological polar surface area (TPSA) is 55.4 Å². The summed E-state index contributed by atoms with van der Waals surface area (Å²) in [6, 6.07) is 7.32. The first kappa shape index (κ1) is 10.7. The van der Waals surface area contributed by atoms with Crippen molar-refractivity contribution in [1.29, 1.82) is 0 Å². The molecule has 4 heteroatoms. The van der Waals surface area contributed by atoms with Gasteiger partial charge in [-0.25, -0.2) is 0 Å². The molecule has 1 unspecified atom stereocenters. The first-order valence-electron chi connectivity index (χ1n) is 5.27. The van der Waals surface area contributed by atoms with Gasteiger partial charge in [0, 0.05) is 6.42 Å². The van der Waals surface area contributed by atoms with Crippen molar-refractivity contribution in [2.75, 3.05) is 6.61 Å². The van der Waals surface area contributed by atoms with Gasteiger partial charge >= 0.3 is 0 Å². The highest BCUT2D eigenvalue weighted by atomic mass is 16.5. The van der Waals surface area contributed by atoms with Crippen LogP contribution in [-0.4, -0.2) is 18.4 Å². The molecule has 0 aliphatic carbocycles. The van der Waals surface area contributed by atoms with Crippen LogP contribution < -0.4 is 10.1 Å². The highest BCUT2D eigenvalue weighted by Gasteiger charge is 2.31. The minimum absolute atomic E-state index is 0.211. The fraction of sp³-hybridized carbons (Fsp3) is 0.333. The summed E-state index contributed by atoms with van der Waals surface area (Å²) in [5, 5.41) is 2.30. The Morgan fingerprint density at radius 2 is 2.25 bits per heavy atom. The first-order chi connectivity index (χ1) is 7.70. The molecule has 1 aromatic rings. The zero-order chi connectivity index (χ0) is 11.5. The van der Waals surface area contributed by atoms with Crippen molar-refractivity contribution in [1.82, 2.24) is 5.32 Å². The monoisotopic (exact) mass is 219 g/mol. The molecule has 1 fully saturated rings. The zero-order valence-electron chi connectivity index (χ0n) is 9.03. The largest absolute Gasteiger partial charge is 0.494 e. The molecule has 1 aliphatic heterocycles. The fourth-order valence-electron chi connectivity index (χ4n) is 1.81. The van der Waals surface area contributed by atoms with Crippen molar-refractivity contribution < 1.29 is 14.3 Å². The predicted molar refractivity (Wildman–Crippen MR) is 58.1 cm³/mol. The number of hydrogen-bond donors (Lipinski definition) is 1. The van der Waals surface area contributed by atoms with Gasteiger partial charge < -0.3 is 4.74 Å². The van der Waals surface area contributed by atoms with Crippen LogP contribution in [-0.2, 0) is 9.59 Å². The van der Waals surface area contributed by atoms with Crippen LogP contribution in [0.25, 0.3) is 0 Å². The minimum atomic E-state index is -0.368. The minimum Gasteiger partial charge on any atom is -0.494 e. The highest BCUT2D eigenvalue weighted by Crippen LogP contribution is 2.26. The van der Waals surface area contributed by atoms with Gasteiger partial charge in [0.2, 0.25) is 11.8 Å². The maximum Gasteiger partial charge on any atom is 0.234 e. The van der Waals surface area contributed by atoms with Gasteiger partial charge in [0.25, 0.3) is 0 Å². The molecule has 0 spiro atoms. The molecule has 0 saturated carbocycles. The summed E-state index contributed by atoms with van der Waals surface area (Å²) >= 11 is 0. The molecule has 0 aromatic heterocycles. The Labute approximate surface area is 93.6 Å². The van der Waals surface area contributed by atoms with Gasteiger partial charge in [-0.1, -0.05) is 12.1 Å². The van der Waals surface area contributed by atoms with Crippen LogP contribution in [0.4, 0.5) is 0 Å². The van der Waals surface area contributed by atoms with Crippen LogP contribution in [0.3, 0.4) is 0 Å². The maximum atomic E-state index is 11.5. The molecule has 2 rings (SSSR count). The van der Waals surface area contributed by atoms with Crippen LogP contribution in [0.15, 0.2) is 24.3 Å². The summed E-state index contributed by atoms with van der Waals surface area (Å²) < 4.78 is 5.35. The maximum absolute atomic E-state index is 11.5. The van der Waals surface area contributed by atoms with Gasteiger partial charge in [0.1, 0.15) is 5.75 Å². The predicted octanol–water partition coefficient (Wildman–Crippen LogP) is 1.22. The molecule has 1 heterocycles. The molecule has 1 aromatic carbocycles. The Hall–Kier alpha value is -1.84. The van der Waals surface area contributed by atoms with E-state index in [0.29, 0.717) is 6.61 Å². The number of imide groups is 1. The highest BCUT2D eigenvalue weighted by molar-refractivity contribution is 6.06. The van der Waals surface area contributed by atoms with Crippen molar-refractivity contribution in [3.8, 4) is 5.75 Å². The molecule has 1 N–H and O–H groups in total. The molecule has 0 radical (unpaired) electrons. The second kappa shape index (κ2) is 4.35. The number of ether oxygens (including phenoxy) is 1. The SMILES string of the molecule is CCOc1cccc(C2CC(=O)NC2=O)c1. The Morgan fingerprint density at radius 1 is 1.44 bits per heavy atom. The van der Waals surface area contributed by atoms with Crippen LogP contribution >= 0.6 is 0 Å². The Morgan fingerprint density at radius 3 is 2.88 bits per heavy atom. The normalized spacial score (nSPS) is 19.7. The second-order valence-corrected chi connectivity index (χ2v) is 3.67. The fourth-order valence-corrected chi connectivity index (χ4v) is 1.81. The third-order valence-corrected chi connectivity index (χ3v) is 2.54. The van der Waals surface area contributed by atoms with E-state index in [9.17, 15) is 9.59 Å². The van der Waals surface area contributed by atoms with E-state index in [-0.39, 0.29) is 24.2 Å². The number of carbonyl (C=O) groups excluding carboxylic acids is 2. The Bertz CT molecular complexity index is 428. The number of carbonyl (C=O) groups is 2. The van der Waals surface area contributed by atoms with Gasteiger partial charge in [0.15, 0.2) is 0 Å². The number of hydrogen-bond acceptors (Lipinski definition) is 3. The van der Waals surface area contributed by atoms with Crippen LogP contribution in [0.1, 0.15) is 24.8 Å². The van der Waals surface area contributed by atoms with E-state index in [1.807, 2.05) is 31.2 Å². The molecule has 0 bridgehead atoms. The third-order valence-electron chi connectivity index (χ3n) is 2.54. The van der Waals surface area contributed by atoms with E-state index in [1.165, 1.54) is 0 Å². The molecule has 2 amide bonds. The smallest absolute Gasteiger partial charge is 0.234 e. The number of rotatable bonds is 3. The van der Waals surface area contributed by atoms with Crippen LogP contribution in [0.5, 0.6) is 5.75 Å². The summed E-state index contributed by atoms with van der Waals surface area (Å²) in [5.41, 5.74) is 0.828. The average molecular weight is 219 g/mol. The zero-order valence-corrected chi connectivity index (χ0v) is 9.03. The molecule has 1 aliphatic rings.